The van der Waals surface area contributed by atoms with Crippen molar-refractivity contribution in [2.24, 2.45) is 0 Å². The number of amides is 1. The van der Waals surface area contributed by atoms with Gasteiger partial charge in [-0.2, -0.15) is 13.2 Å². The highest BCUT2D eigenvalue weighted by Crippen LogP contribution is 2.32. The van der Waals surface area contributed by atoms with E-state index in [1.165, 1.54) is 32.4 Å². The van der Waals surface area contributed by atoms with Crippen LogP contribution in [0, 0.1) is 0 Å². The number of hydrogen-bond acceptors (Lipinski definition) is 5. The molecule has 0 heterocycles. The summed E-state index contributed by atoms with van der Waals surface area (Å²) in [5.74, 6) is -0.517. The van der Waals surface area contributed by atoms with Crippen LogP contribution < -0.4 is 14.8 Å². The molecule has 0 bridgehead atoms. The molecule has 0 aliphatic rings. The molecule has 3 aromatic rings. The number of nitrogens with one attached hydrogen (secondary N) is 1. The van der Waals surface area contributed by atoms with Crippen molar-refractivity contribution in [3.8, 4) is 22.6 Å². The Hall–Kier alpha value is -4.01. The van der Waals surface area contributed by atoms with Crippen molar-refractivity contribution in [1.29, 1.82) is 0 Å². The fourth-order valence-electron chi connectivity index (χ4n) is 3.06. The Balaban J connectivity index is 1.71. The quantitative estimate of drug-likeness (QED) is 0.493. The number of alkyl halides is 3. The van der Waals surface area contributed by atoms with E-state index >= 15 is 0 Å². The van der Waals surface area contributed by atoms with E-state index in [-0.39, 0.29) is 5.56 Å². The molecular formula is C24H20F3NO5. The maximum Gasteiger partial charge on any atom is 0.416 e. The summed E-state index contributed by atoms with van der Waals surface area (Å²) in [4.78, 5) is 24.9. The van der Waals surface area contributed by atoms with Crippen molar-refractivity contribution >= 4 is 17.6 Å². The molecule has 6 nitrogen and oxygen atoms in total. The molecule has 0 aromatic heterocycles. The monoisotopic (exact) mass is 459 g/mol. The summed E-state index contributed by atoms with van der Waals surface area (Å²) in [5, 5.41) is 2.58. The van der Waals surface area contributed by atoms with E-state index in [0.29, 0.717) is 28.3 Å². The zero-order chi connectivity index (χ0) is 24.0. The van der Waals surface area contributed by atoms with Crippen LogP contribution in [0.4, 0.5) is 18.9 Å². The first-order valence-corrected chi connectivity index (χ1v) is 9.68. The standard InChI is InChI=1S/C24H20F3NO5/c1-31-17-11-12-21(32-2)20(13-17)28-22(29)14-33-23(30)19-6-4-3-5-18(19)15-7-9-16(10-8-15)24(25,26)27/h3-13H,14H2,1-2H3,(H,28,29). The Kier molecular flexibility index (Phi) is 7.22. The summed E-state index contributed by atoms with van der Waals surface area (Å²) in [5.41, 5.74) is 0.440. The number of benzene rings is 3. The first-order chi connectivity index (χ1) is 15.7. The van der Waals surface area contributed by atoms with E-state index in [4.69, 9.17) is 14.2 Å². The van der Waals surface area contributed by atoms with Crippen LogP contribution in [0.15, 0.2) is 66.7 Å². The van der Waals surface area contributed by atoms with Gasteiger partial charge in [-0.1, -0.05) is 30.3 Å². The van der Waals surface area contributed by atoms with Crippen LogP contribution in [0.2, 0.25) is 0 Å². The number of methoxy groups -OCH3 is 2. The maximum atomic E-state index is 12.8. The predicted octanol–water partition coefficient (Wildman–Crippen LogP) is 5.19. The molecule has 3 rings (SSSR count). The minimum atomic E-state index is -4.46. The number of carbonyl (C=O) groups is 2. The zero-order valence-corrected chi connectivity index (χ0v) is 17.7. The number of anilines is 1. The topological polar surface area (TPSA) is 73.9 Å². The third kappa shape index (κ3) is 5.82. The van der Waals surface area contributed by atoms with Gasteiger partial charge in [0.2, 0.25) is 0 Å². The summed E-state index contributed by atoms with van der Waals surface area (Å²) >= 11 is 0. The van der Waals surface area contributed by atoms with Crippen molar-refractivity contribution in [2.75, 3.05) is 26.1 Å². The Morgan fingerprint density at radius 1 is 0.909 bits per heavy atom. The molecule has 0 unspecified atom stereocenters. The Labute approximate surface area is 187 Å². The molecule has 0 saturated heterocycles. The summed E-state index contributed by atoms with van der Waals surface area (Å²) in [6.45, 7) is -0.583. The van der Waals surface area contributed by atoms with Crippen molar-refractivity contribution in [1.82, 2.24) is 0 Å². The number of esters is 1. The van der Waals surface area contributed by atoms with E-state index < -0.39 is 30.2 Å². The minimum absolute atomic E-state index is 0.115. The van der Waals surface area contributed by atoms with Crippen LogP contribution in [0.3, 0.4) is 0 Å². The zero-order valence-electron chi connectivity index (χ0n) is 17.7. The molecule has 9 heteroatoms. The van der Waals surface area contributed by atoms with Gasteiger partial charge in [0.15, 0.2) is 6.61 Å². The lowest BCUT2D eigenvalue weighted by Gasteiger charge is -2.13. The van der Waals surface area contributed by atoms with E-state index in [9.17, 15) is 22.8 Å². The lowest BCUT2D eigenvalue weighted by atomic mass is 9.98. The predicted molar refractivity (Wildman–Crippen MR) is 115 cm³/mol. The number of rotatable bonds is 7. The van der Waals surface area contributed by atoms with Crippen molar-refractivity contribution in [3.63, 3.8) is 0 Å². The molecule has 0 aliphatic heterocycles. The van der Waals surface area contributed by atoms with Gasteiger partial charge in [-0.15, -0.1) is 0 Å². The molecule has 0 fully saturated rings. The highest BCUT2D eigenvalue weighted by molar-refractivity contribution is 6.00. The molecule has 0 aliphatic carbocycles. The first kappa shape index (κ1) is 23.6. The molecule has 33 heavy (non-hydrogen) atoms. The number of halogens is 3. The SMILES string of the molecule is COc1ccc(OC)c(NC(=O)COC(=O)c2ccccc2-c2ccc(C(F)(F)F)cc2)c1. The summed E-state index contributed by atoms with van der Waals surface area (Å²) in [6, 6.07) is 15.5. The van der Waals surface area contributed by atoms with Gasteiger partial charge < -0.3 is 19.5 Å². The van der Waals surface area contributed by atoms with Crippen LogP contribution in [-0.2, 0) is 15.7 Å². The molecule has 3 aromatic carbocycles. The molecular weight excluding hydrogens is 439 g/mol. The highest BCUT2D eigenvalue weighted by atomic mass is 19.4. The van der Waals surface area contributed by atoms with Crippen molar-refractivity contribution in [2.45, 2.75) is 6.18 Å². The fourth-order valence-corrected chi connectivity index (χ4v) is 3.06. The van der Waals surface area contributed by atoms with Gasteiger partial charge >= 0.3 is 12.1 Å². The number of hydrogen-bond donors (Lipinski definition) is 1. The average Bonchev–Trinajstić information content (AvgIpc) is 2.82. The van der Waals surface area contributed by atoms with Crippen LogP contribution in [0.5, 0.6) is 11.5 Å². The average molecular weight is 459 g/mol. The maximum absolute atomic E-state index is 12.8. The van der Waals surface area contributed by atoms with Crippen LogP contribution in [0.25, 0.3) is 11.1 Å². The van der Waals surface area contributed by atoms with E-state index in [1.807, 2.05) is 0 Å². The van der Waals surface area contributed by atoms with Crippen LogP contribution in [-0.4, -0.2) is 32.7 Å². The third-order valence-electron chi connectivity index (χ3n) is 4.69. The Bertz CT molecular complexity index is 1140. The normalized spacial score (nSPS) is 10.9. The lowest BCUT2D eigenvalue weighted by molar-refractivity contribution is -0.137. The van der Waals surface area contributed by atoms with Gasteiger partial charge in [-0.3, -0.25) is 4.79 Å². The van der Waals surface area contributed by atoms with Gasteiger partial charge in [0, 0.05) is 6.07 Å². The number of ether oxygens (including phenoxy) is 3. The van der Waals surface area contributed by atoms with Crippen LogP contribution >= 0.6 is 0 Å². The highest BCUT2D eigenvalue weighted by Gasteiger charge is 2.30. The fraction of sp³-hybridized carbons (Fsp3) is 0.167. The van der Waals surface area contributed by atoms with Crippen molar-refractivity contribution < 1.29 is 37.0 Å². The molecule has 172 valence electrons. The van der Waals surface area contributed by atoms with E-state index in [1.54, 1.807) is 36.4 Å². The second-order valence-electron chi connectivity index (χ2n) is 6.81. The smallest absolute Gasteiger partial charge is 0.416 e. The van der Waals surface area contributed by atoms with Gasteiger partial charge in [0.25, 0.3) is 5.91 Å². The minimum Gasteiger partial charge on any atom is -0.497 e. The lowest BCUT2D eigenvalue weighted by Crippen LogP contribution is -2.21. The molecule has 0 radical (unpaired) electrons. The van der Waals surface area contributed by atoms with Gasteiger partial charge in [-0.25, -0.2) is 4.79 Å². The Morgan fingerprint density at radius 3 is 2.24 bits per heavy atom. The molecule has 0 spiro atoms. The van der Waals surface area contributed by atoms with E-state index in [0.717, 1.165) is 12.1 Å². The molecule has 0 atom stereocenters. The largest absolute Gasteiger partial charge is 0.497 e. The van der Waals surface area contributed by atoms with Gasteiger partial charge in [-0.05, 0) is 41.5 Å². The first-order valence-electron chi connectivity index (χ1n) is 9.68. The van der Waals surface area contributed by atoms with E-state index in [2.05, 4.69) is 5.32 Å². The van der Waals surface area contributed by atoms with Gasteiger partial charge in [0.05, 0.1) is 31.0 Å². The second kappa shape index (κ2) is 10.1. The van der Waals surface area contributed by atoms with Crippen LogP contribution in [0.1, 0.15) is 15.9 Å². The number of carbonyl (C=O) groups excluding carboxylic acids is 2. The Morgan fingerprint density at radius 2 is 1.61 bits per heavy atom. The summed E-state index contributed by atoms with van der Waals surface area (Å²) in [6.07, 6.45) is -4.46. The third-order valence-corrected chi connectivity index (χ3v) is 4.69. The molecule has 0 saturated carbocycles. The summed E-state index contributed by atoms with van der Waals surface area (Å²) < 4.78 is 53.9. The van der Waals surface area contributed by atoms with Crippen molar-refractivity contribution in [3.05, 3.63) is 77.9 Å². The second-order valence-corrected chi connectivity index (χ2v) is 6.81. The van der Waals surface area contributed by atoms with Gasteiger partial charge in [0.1, 0.15) is 11.5 Å². The summed E-state index contributed by atoms with van der Waals surface area (Å²) in [7, 11) is 2.92. The molecule has 1 amide bonds. The molecule has 1 N–H and O–H groups in total.